The fourth-order valence-corrected chi connectivity index (χ4v) is 2.41. The van der Waals surface area contributed by atoms with Crippen LogP contribution in [0.4, 0.5) is 5.69 Å². The molecule has 0 aliphatic carbocycles. The summed E-state index contributed by atoms with van der Waals surface area (Å²) in [6.07, 6.45) is 2.03. The van der Waals surface area contributed by atoms with Gasteiger partial charge in [-0.1, -0.05) is 0 Å². The van der Waals surface area contributed by atoms with E-state index in [1.807, 2.05) is 6.20 Å². The van der Waals surface area contributed by atoms with Crippen molar-refractivity contribution in [2.75, 3.05) is 38.1 Å². The second kappa shape index (κ2) is 6.10. The summed E-state index contributed by atoms with van der Waals surface area (Å²) in [5, 5.41) is 3.57. The Morgan fingerprint density at radius 2 is 1.85 bits per heavy atom. The molecule has 1 aromatic rings. The van der Waals surface area contributed by atoms with Crippen molar-refractivity contribution >= 4 is 5.69 Å². The third-order valence-corrected chi connectivity index (χ3v) is 3.75. The van der Waals surface area contributed by atoms with Crippen molar-refractivity contribution < 1.29 is 0 Å². The van der Waals surface area contributed by atoms with Gasteiger partial charge in [-0.2, -0.15) is 0 Å². The molecule has 0 spiro atoms. The van der Waals surface area contributed by atoms with Crippen molar-refractivity contribution in [2.24, 2.45) is 0 Å². The summed E-state index contributed by atoms with van der Waals surface area (Å²) in [6.45, 7) is 14.0. The molecule has 1 aromatic heterocycles. The molecule has 0 unspecified atom stereocenters. The highest BCUT2D eigenvalue weighted by Crippen LogP contribution is 2.22. The summed E-state index contributed by atoms with van der Waals surface area (Å²) in [5.74, 6) is 0. The summed E-state index contributed by atoms with van der Waals surface area (Å²) in [7, 11) is 2.19. The molecule has 0 atom stereocenters. The second-order valence-corrected chi connectivity index (χ2v) is 6.85. The molecular weight excluding hydrogens is 248 g/mol. The Hall–Kier alpha value is -1.13. The highest BCUT2D eigenvalue weighted by atomic mass is 15.2. The van der Waals surface area contributed by atoms with Crippen molar-refractivity contribution in [3.8, 4) is 0 Å². The van der Waals surface area contributed by atoms with Gasteiger partial charge in [0.1, 0.15) is 0 Å². The van der Waals surface area contributed by atoms with Crippen molar-refractivity contribution in [1.82, 2.24) is 15.2 Å². The van der Waals surface area contributed by atoms with Gasteiger partial charge < -0.3 is 15.1 Å². The van der Waals surface area contributed by atoms with E-state index in [9.17, 15) is 0 Å². The summed E-state index contributed by atoms with van der Waals surface area (Å²) in [5.41, 5.74) is 3.88. The maximum atomic E-state index is 4.47. The van der Waals surface area contributed by atoms with Crippen LogP contribution in [0.15, 0.2) is 12.3 Å². The Kier molecular flexibility index (Phi) is 4.66. The molecule has 2 rings (SSSR count). The minimum Gasteiger partial charge on any atom is -0.369 e. The molecule has 0 aromatic carbocycles. The number of rotatable bonds is 3. The zero-order valence-electron chi connectivity index (χ0n) is 13.5. The minimum absolute atomic E-state index is 0.129. The van der Waals surface area contributed by atoms with E-state index >= 15 is 0 Å². The summed E-state index contributed by atoms with van der Waals surface area (Å²) < 4.78 is 0. The first-order valence-corrected chi connectivity index (χ1v) is 7.49. The Bertz CT molecular complexity index is 442. The third-order valence-electron chi connectivity index (χ3n) is 3.75. The number of nitrogens with zero attached hydrogens (tertiary/aromatic N) is 3. The van der Waals surface area contributed by atoms with Gasteiger partial charge in [0.25, 0.3) is 0 Å². The summed E-state index contributed by atoms with van der Waals surface area (Å²) >= 11 is 0. The summed E-state index contributed by atoms with van der Waals surface area (Å²) in [6, 6.07) is 2.23. The molecule has 0 saturated carbocycles. The third kappa shape index (κ3) is 4.18. The number of pyridine rings is 1. The Morgan fingerprint density at radius 1 is 1.20 bits per heavy atom. The van der Waals surface area contributed by atoms with E-state index in [4.69, 9.17) is 0 Å². The van der Waals surface area contributed by atoms with Crippen LogP contribution in [0.2, 0.25) is 0 Å². The Labute approximate surface area is 123 Å². The van der Waals surface area contributed by atoms with Crippen molar-refractivity contribution in [2.45, 2.75) is 39.8 Å². The maximum Gasteiger partial charge on any atom is 0.0446 e. The van der Waals surface area contributed by atoms with E-state index in [1.165, 1.54) is 11.3 Å². The van der Waals surface area contributed by atoms with Gasteiger partial charge in [-0.05, 0) is 40.8 Å². The fraction of sp³-hybridized carbons (Fsp3) is 0.688. The molecule has 1 aliphatic heterocycles. The largest absolute Gasteiger partial charge is 0.369 e. The number of anilines is 1. The highest BCUT2D eigenvalue weighted by Gasteiger charge is 2.18. The minimum atomic E-state index is 0.129. The van der Waals surface area contributed by atoms with Crippen LogP contribution >= 0.6 is 0 Å². The van der Waals surface area contributed by atoms with Gasteiger partial charge in [-0.15, -0.1) is 0 Å². The van der Waals surface area contributed by atoms with Gasteiger partial charge in [0, 0.05) is 61.4 Å². The second-order valence-electron chi connectivity index (χ2n) is 6.85. The molecule has 20 heavy (non-hydrogen) atoms. The van der Waals surface area contributed by atoms with Crippen LogP contribution in [0.5, 0.6) is 0 Å². The van der Waals surface area contributed by atoms with Gasteiger partial charge in [0.2, 0.25) is 0 Å². The molecule has 1 aliphatic rings. The van der Waals surface area contributed by atoms with E-state index in [-0.39, 0.29) is 5.54 Å². The number of aryl methyl sites for hydroxylation is 1. The van der Waals surface area contributed by atoms with E-state index in [2.05, 4.69) is 60.9 Å². The molecule has 0 bridgehead atoms. The number of nitrogens with one attached hydrogen (secondary N) is 1. The molecule has 4 heteroatoms. The lowest BCUT2D eigenvalue weighted by atomic mass is 10.1. The van der Waals surface area contributed by atoms with Gasteiger partial charge in [0.05, 0.1) is 0 Å². The van der Waals surface area contributed by atoms with Crippen LogP contribution in [0.1, 0.15) is 32.0 Å². The quantitative estimate of drug-likeness (QED) is 0.915. The van der Waals surface area contributed by atoms with Crippen LogP contribution in [-0.4, -0.2) is 48.6 Å². The zero-order valence-corrected chi connectivity index (χ0v) is 13.5. The molecule has 1 saturated heterocycles. The fourth-order valence-electron chi connectivity index (χ4n) is 2.41. The van der Waals surface area contributed by atoms with Crippen LogP contribution in [0.3, 0.4) is 0 Å². The predicted octanol–water partition coefficient (Wildman–Crippen LogP) is 2.03. The first-order chi connectivity index (χ1) is 9.35. The molecule has 1 N–H and O–H groups in total. The van der Waals surface area contributed by atoms with E-state index in [0.29, 0.717) is 0 Å². The first kappa shape index (κ1) is 15.3. The van der Waals surface area contributed by atoms with Gasteiger partial charge in [-0.3, -0.25) is 4.98 Å². The van der Waals surface area contributed by atoms with Gasteiger partial charge >= 0.3 is 0 Å². The lowest BCUT2D eigenvalue weighted by Crippen LogP contribution is -2.45. The molecule has 2 heterocycles. The lowest BCUT2D eigenvalue weighted by Gasteiger charge is -2.35. The maximum absolute atomic E-state index is 4.47. The molecule has 112 valence electrons. The molecule has 0 radical (unpaired) electrons. The molecule has 4 nitrogen and oxygen atoms in total. The standard InChI is InChI=1S/C16H28N4/c1-13-10-15(20-8-6-19(5)7-9-20)14(11-17-13)12-18-16(2,3)4/h10-11,18H,6-9,12H2,1-5H3. The molecular formula is C16H28N4. The Balaban J connectivity index is 2.15. The van der Waals surface area contributed by atoms with Gasteiger partial charge in [0.15, 0.2) is 0 Å². The normalized spacial score (nSPS) is 17.6. The van der Waals surface area contributed by atoms with Gasteiger partial charge in [-0.25, -0.2) is 0 Å². The lowest BCUT2D eigenvalue weighted by molar-refractivity contribution is 0.312. The molecule has 0 amide bonds. The highest BCUT2D eigenvalue weighted by molar-refractivity contribution is 5.54. The van der Waals surface area contributed by atoms with Crippen LogP contribution < -0.4 is 10.2 Å². The first-order valence-electron chi connectivity index (χ1n) is 7.49. The van der Waals surface area contributed by atoms with Crippen LogP contribution in [0.25, 0.3) is 0 Å². The SMILES string of the molecule is Cc1cc(N2CCN(C)CC2)c(CNC(C)(C)C)cn1. The number of hydrogen-bond acceptors (Lipinski definition) is 4. The average molecular weight is 276 g/mol. The topological polar surface area (TPSA) is 31.4 Å². The smallest absolute Gasteiger partial charge is 0.0446 e. The number of piperazine rings is 1. The van der Waals surface area contributed by atoms with E-state index in [0.717, 1.165) is 38.4 Å². The number of likely N-dealkylation sites (N-methyl/N-ethyl adjacent to an activating group) is 1. The molecule has 1 fully saturated rings. The van der Waals surface area contributed by atoms with E-state index < -0.39 is 0 Å². The van der Waals surface area contributed by atoms with E-state index in [1.54, 1.807) is 0 Å². The van der Waals surface area contributed by atoms with Crippen molar-refractivity contribution in [3.63, 3.8) is 0 Å². The number of aromatic nitrogens is 1. The monoisotopic (exact) mass is 276 g/mol. The van der Waals surface area contributed by atoms with Crippen LogP contribution in [-0.2, 0) is 6.54 Å². The Morgan fingerprint density at radius 3 is 2.45 bits per heavy atom. The number of hydrogen-bond donors (Lipinski definition) is 1. The van der Waals surface area contributed by atoms with Crippen molar-refractivity contribution in [3.05, 3.63) is 23.5 Å². The average Bonchev–Trinajstić information content (AvgIpc) is 2.37. The van der Waals surface area contributed by atoms with Crippen molar-refractivity contribution in [1.29, 1.82) is 0 Å². The zero-order chi connectivity index (χ0) is 14.8. The summed E-state index contributed by atoms with van der Waals surface area (Å²) in [4.78, 5) is 9.35. The predicted molar refractivity (Wildman–Crippen MR) is 85.3 cm³/mol. The van der Waals surface area contributed by atoms with Crippen LogP contribution in [0, 0.1) is 6.92 Å².